The lowest BCUT2D eigenvalue weighted by atomic mass is 10.2. The zero-order valence-electron chi connectivity index (χ0n) is 11.0. The van der Waals surface area contributed by atoms with Crippen LogP contribution in [0.4, 0.5) is 5.69 Å². The predicted molar refractivity (Wildman–Crippen MR) is 96.1 cm³/mol. The van der Waals surface area contributed by atoms with Crippen LogP contribution in [0.15, 0.2) is 41.3 Å². The summed E-state index contributed by atoms with van der Waals surface area (Å²) >= 11 is 14.4. The summed E-state index contributed by atoms with van der Waals surface area (Å²) in [5, 5.41) is 4.11. The van der Waals surface area contributed by atoms with Gasteiger partial charge in [0.2, 0.25) is 0 Å². The molecule has 7 heteroatoms. The number of hydrogen-bond acceptors (Lipinski definition) is 3. The van der Waals surface area contributed by atoms with Crippen LogP contribution in [-0.2, 0) is 16.4 Å². The highest BCUT2D eigenvalue weighted by Crippen LogP contribution is 2.28. The molecule has 0 aliphatic heterocycles. The molecule has 0 fully saturated rings. The zero-order valence-corrected chi connectivity index (χ0v) is 15.5. The largest absolute Gasteiger partial charge is 0.380 e. The van der Waals surface area contributed by atoms with Gasteiger partial charge >= 0.3 is 0 Å². The lowest BCUT2D eigenvalue weighted by molar-refractivity contribution is 0.601. The molecule has 0 unspecified atom stereocenters. The number of halogens is 3. The van der Waals surface area contributed by atoms with Gasteiger partial charge in [0.25, 0.3) is 0 Å². The summed E-state index contributed by atoms with van der Waals surface area (Å²) in [6.07, 6.45) is 1.17. The molecule has 0 aliphatic carbocycles. The molecule has 2 aromatic carbocycles. The lowest BCUT2D eigenvalue weighted by Gasteiger charge is -2.13. The van der Waals surface area contributed by atoms with Crippen molar-refractivity contribution >= 4 is 61.3 Å². The number of hydrogen-bond donors (Lipinski definition) is 1. The van der Waals surface area contributed by atoms with Crippen LogP contribution in [0.1, 0.15) is 5.56 Å². The van der Waals surface area contributed by atoms with E-state index in [9.17, 15) is 8.42 Å². The van der Waals surface area contributed by atoms with E-state index >= 15 is 0 Å². The second-order valence-electron chi connectivity index (χ2n) is 4.47. The van der Waals surface area contributed by atoms with Crippen LogP contribution in [0, 0.1) is 3.57 Å². The van der Waals surface area contributed by atoms with Crippen molar-refractivity contribution in [2.45, 2.75) is 11.4 Å². The van der Waals surface area contributed by atoms with Crippen LogP contribution < -0.4 is 5.32 Å². The minimum atomic E-state index is -3.34. The van der Waals surface area contributed by atoms with Crippen LogP contribution in [-0.4, -0.2) is 14.7 Å². The van der Waals surface area contributed by atoms with Gasteiger partial charge in [-0.3, -0.25) is 0 Å². The number of sulfone groups is 1. The molecule has 2 rings (SSSR count). The van der Waals surface area contributed by atoms with Gasteiger partial charge in [-0.25, -0.2) is 8.42 Å². The van der Waals surface area contributed by atoms with Crippen molar-refractivity contribution in [1.82, 2.24) is 0 Å². The Morgan fingerprint density at radius 2 is 1.86 bits per heavy atom. The minimum absolute atomic E-state index is 0.226. The van der Waals surface area contributed by atoms with Gasteiger partial charge in [-0.2, -0.15) is 0 Å². The summed E-state index contributed by atoms with van der Waals surface area (Å²) in [6, 6.07) is 10.4. The van der Waals surface area contributed by atoms with Crippen molar-refractivity contribution in [3.63, 3.8) is 0 Å². The van der Waals surface area contributed by atoms with Crippen LogP contribution in [0.25, 0.3) is 0 Å². The van der Waals surface area contributed by atoms with Gasteiger partial charge in [-0.15, -0.1) is 0 Å². The van der Waals surface area contributed by atoms with E-state index in [-0.39, 0.29) is 11.4 Å². The SMILES string of the molecule is CS(=O)(=O)c1cccc(Cl)c1CNc1ccc(I)cc1Cl. The van der Waals surface area contributed by atoms with Gasteiger partial charge in [0.1, 0.15) is 0 Å². The number of anilines is 1. The fraction of sp³-hybridized carbons (Fsp3) is 0.143. The molecule has 0 aliphatic rings. The Morgan fingerprint density at radius 3 is 2.48 bits per heavy atom. The summed E-state index contributed by atoms with van der Waals surface area (Å²) in [7, 11) is -3.34. The molecule has 2 aromatic rings. The van der Waals surface area contributed by atoms with Crippen molar-refractivity contribution in [3.05, 3.63) is 55.6 Å². The normalized spacial score (nSPS) is 11.4. The molecule has 0 saturated heterocycles. The highest BCUT2D eigenvalue weighted by molar-refractivity contribution is 14.1. The molecule has 1 N–H and O–H groups in total. The molecule has 112 valence electrons. The Bertz CT molecular complexity index is 779. The third kappa shape index (κ3) is 4.25. The van der Waals surface area contributed by atoms with E-state index in [0.717, 1.165) is 9.26 Å². The van der Waals surface area contributed by atoms with Crippen LogP contribution in [0.3, 0.4) is 0 Å². The molecule has 0 atom stereocenters. The van der Waals surface area contributed by atoms with Gasteiger partial charge in [-0.05, 0) is 52.9 Å². The first-order chi connectivity index (χ1) is 9.79. The van der Waals surface area contributed by atoms with E-state index in [2.05, 4.69) is 27.9 Å². The minimum Gasteiger partial charge on any atom is -0.380 e. The van der Waals surface area contributed by atoms with E-state index in [0.29, 0.717) is 15.6 Å². The van der Waals surface area contributed by atoms with Crippen LogP contribution >= 0.6 is 45.8 Å². The number of nitrogens with one attached hydrogen (secondary N) is 1. The smallest absolute Gasteiger partial charge is 0.175 e. The van der Waals surface area contributed by atoms with Crippen molar-refractivity contribution in [2.75, 3.05) is 11.6 Å². The number of rotatable bonds is 4. The molecular weight excluding hydrogens is 444 g/mol. The first kappa shape index (κ1) is 16.9. The standard InChI is InChI=1S/C14H12Cl2INO2S/c1-21(19,20)14-4-2-3-11(15)10(14)8-18-13-6-5-9(17)7-12(13)16/h2-7,18H,8H2,1H3. The molecule has 0 bridgehead atoms. The van der Waals surface area contributed by atoms with E-state index in [1.165, 1.54) is 6.26 Å². The first-order valence-corrected chi connectivity index (χ1v) is 9.68. The Labute approximate surface area is 147 Å². The third-order valence-electron chi connectivity index (χ3n) is 2.86. The molecule has 0 radical (unpaired) electrons. The van der Waals surface area contributed by atoms with Crippen molar-refractivity contribution in [1.29, 1.82) is 0 Å². The molecule has 0 aromatic heterocycles. The molecule has 0 heterocycles. The Balaban J connectivity index is 2.32. The Kier molecular flexibility index (Phi) is 5.40. The maximum Gasteiger partial charge on any atom is 0.175 e. The average molecular weight is 456 g/mol. The maximum absolute atomic E-state index is 11.8. The van der Waals surface area contributed by atoms with Gasteiger partial charge in [0.05, 0.1) is 15.6 Å². The van der Waals surface area contributed by atoms with Crippen molar-refractivity contribution in [3.8, 4) is 0 Å². The fourth-order valence-corrected chi connectivity index (χ4v) is 4.05. The summed E-state index contributed by atoms with van der Waals surface area (Å²) in [6.45, 7) is 0.280. The van der Waals surface area contributed by atoms with E-state index in [1.807, 2.05) is 18.2 Å². The van der Waals surface area contributed by atoms with Gasteiger partial charge in [-0.1, -0.05) is 29.3 Å². The summed E-state index contributed by atoms with van der Waals surface area (Å²) < 4.78 is 24.7. The molecule has 0 saturated carbocycles. The maximum atomic E-state index is 11.8. The van der Waals surface area contributed by atoms with Gasteiger partial charge < -0.3 is 5.32 Å². The lowest BCUT2D eigenvalue weighted by Crippen LogP contribution is -2.08. The summed E-state index contributed by atoms with van der Waals surface area (Å²) in [4.78, 5) is 0.226. The first-order valence-electron chi connectivity index (χ1n) is 5.95. The third-order valence-corrected chi connectivity index (χ3v) is 5.38. The van der Waals surface area contributed by atoms with Crippen molar-refractivity contribution in [2.24, 2.45) is 0 Å². The monoisotopic (exact) mass is 455 g/mol. The molecular formula is C14H12Cl2INO2S. The highest BCUT2D eigenvalue weighted by atomic mass is 127. The zero-order chi connectivity index (χ0) is 15.6. The number of benzene rings is 2. The Morgan fingerprint density at radius 1 is 1.14 bits per heavy atom. The summed E-state index contributed by atoms with van der Waals surface area (Å²) in [5.41, 5.74) is 1.27. The summed E-state index contributed by atoms with van der Waals surface area (Å²) in [5.74, 6) is 0. The second kappa shape index (κ2) is 6.73. The molecule has 0 spiro atoms. The average Bonchev–Trinajstić information content (AvgIpc) is 2.37. The molecule has 0 amide bonds. The molecule has 3 nitrogen and oxygen atoms in total. The van der Waals surface area contributed by atoms with E-state index in [1.54, 1.807) is 18.2 Å². The van der Waals surface area contributed by atoms with Gasteiger partial charge in [0.15, 0.2) is 9.84 Å². The van der Waals surface area contributed by atoms with E-state index < -0.39 is 9.84 Å². The quantitative estimate of drug-likeness (QED) is 0.684. The predicted octanol–water partition coefficient (Wildman–Crippen LogP) is 4.61. The molecule has 21 heavy (non-hydrogen) atoms. The fourth-order valence-electron chi connectivity index (χ4n) is 1.87. The topological polar surface area (TPSA) is 46.2 Å². The highest BCUT2D eigenvalue weighted by Gasteiger charge is 2.15. The van der Waals surface area contributed by atoms with Gasteiger partial charge in [0, 0.05) is 27.0 Å². The van der Waals surface area contributed by atoms with Crippen molar-refractivity contribution < 1.29 is 8.42 Å². The second-order valence-corrected chi connectivity index (χ2v) is 8.51. The Hall–Kier alpha value is -0.500. The van der Waals surface area contributed by atoms with Crippen LogP contribution in [0.5, 0.6) is 0 Å². The van der Waals surface area contributed by atoms with E-state index in [4.69, 9.17) is 23.2 Å². The van der Waals surface area contributed by atoms with Crippen LogP contribution in [0.2, 0.25) is 10.0 Å².